The van der Waals surface area contributed by atoms with Gasteiger partial charge in [0.15, 0.2) is 0 Å². The van der Waals surface area contributed by atoms with Crippen LogP contribution in [0.4, 0.5) is 11.4 Å². The Labute approximate surface area is 173 Å². The SMILES string of the molecule is Cc1ccc(N=Nc2ccc(O)c(/C=N/NC(=O)c3ccc(Cl)cc3)c2)cc1C. The van der Waals surface area contributed by atoms with E-state index in [1.165, 1.54) is 17.8 Å². The summed E-state index contributed by atoms with van der Waals surface area (Å²) in [7, 11) is 0. The maximum Gasteiger partial charge on any atom is 0.271 e. The second kappa shape index (κ2) is 9.12. The van der Waals surface area contributed by atoms with Crippen molar-refractivity contribution in [2.24, 2.45) is 15.3 Å². The molecule has 0 fully saturated rings. The third kappa shape index (κ3) is 5.49. The molecule has 3 aromatic rings. The lowest BCUT2D eigenvalue weighted by Crippen LogP contribution is -2.17. The van der Waals surface area contributed by atoms with Gasteiger partial charge >= 0.3 is 0 Å². The molecule has 0 radical (unpaired) electrons. The fraction of sp³-hybridized carbons (Fsp3) is 0.0909. The van der Waals surface area contributed by atoms with E-state index in [1.807, 2.05) is 32.0 Å². The predicted octanol–water partition coefficient (Wildman–Crippen LogP) is 5.84. The van der Waals surface area contributed by atoms with E-state index in [2.05, 4.69) is 20.8 Å². The molecule has 0 heterocycles. The molecule has 2 N–H and O–H groups in total. The molecule has 0 bridgehead atoms. The summed E-state index contributed by atoms with van der Waals surface area (Å²) < 4.78 is 0. The van der Waals surface area contributed by atoms with Gasteiger partial charge in [-0.1, -0.05) is 17.7 Å². The van der Waals surface area contributed by atoms with E-state index in [0.29, 0.717) is 21.8 Å². The topological polar surface area (TPSA) is 86.4 Å². The third-order valence-corrected chi connectivity index (χ3v) is 4.51. The Morgan fingerprint density at radius 3 is 2.28 bits per heavy atom. The Morgan fingerprint density at radius 1 is 0.931 bits per heavy atom. The first-order valence-corrected chi connectivity index (χ1v) is 9.21. The molecule has 0 saturated heterocycles. The second-order valence-corrected chi connectivity index (χ2v) is 6.85. The average Bonchev–Trinajstić information content (AvgIpc) is 2.71. The summed E-state index contributed by atoms with van der Waals surface area (Å²) in [6.45, 7) is 4.05. The number of aryl methyl sites for hydroxylation is 2. The van der Waals surface area contributed by atoms with E-state index in [9.17, 15) is 9.90 Å². The number of hydrogen-bond acceptors (Lipinski definition) is 5. The molecule has 0 unspecified atom stereocenters. The first kappa shape index (κ1) is 20.2. The van der Waals surface area contributed by atoms with Gasteiger partial charge < -0.3 is 5.11 Å². The molecule has 29 heavy (non-hydrogen) atoms. The molecular formula is C22H19ClN4O2. The van der Waals surface area contributed by atoms with Gasteiger partial charge in [0.25, 0.3) is 5.91 Å². The number of aromatic hydroxyl groups is 1. The standard InChI is InChI=1S/C22H19ClN4O2/c1-14-3-8-19(11-15(14)2)25-26-20-9-10-21(28)17(12-20)13-24-27-22(29)16-4-6-18(23)7-5-16/h3-13,28H,1-2H3,(H,27,29)/b24-13+,26-25?. The lowest BCUT2D eigenvalue weighted by atomic mass is 10.1. The van der Waals surface area contributed by atoms with Crippen molar-refractivity contribution >= 4 is 35.1 Å². The van der Waals surface area contributed by atoms with Gasteiger partial charge in [0.2, 0.25) is 0 Å². The number of carbonyl (C=O) groups excluding carboxylic acids is 1. The van der Waals surface area contributed by atoms with Crippen molar-refractivity contribution in [2.45, 2.75) is 13.8 Å². The molecule has 0 aromatic heterocycles. The number of phenols is 1. The third-order valence-electron chi connectivity index (χ3n) is 4.26. The number of rotatable bonds is 5. The van der Waals surface area contributed by atoms with E-state index in [4.69, 9.17) is 11.6 Å². The summed E-state index contributed by atoms with van der Waals surface area (Å²) in [6.07, 6.45) is 1.35. The Bertz CT molecular complexity index is 1090. The minimum Gasteiger partial charge on any atom is -0.507 e. The minimum atomic E-state index is -0.386. The fourth-order valence-electron chi connectivity index (χ4n) is 2.44. The summed E-state index contributed by atoms with van der Waals surface area (Å²) in [4.78, 5) is 12.0. The highest BCUT2D eigenvalue weighted by molar-refractivity contribution is 6.30. The molecule has 0 aliphatic heterocycles. The summed E-state index contributed by atoms with van der Waals surface area (Å²) in [5.41, 5.74) is 6.84. The zero-order valence-electron chi connectivity index (χ0n) is 15.9. The Balaban J connectivity index is 1.70. The second-order valence-electron chi connectivity index (χ2n) is 6.42. The van der Waals surface area contributed by atoms with Gasteiger partial charge in [-0.25, -0.2) is 5.43 Å². The summed E-state index contributed by atoms with van der Waals surface area (Å²) in [5.74, 6) is -0.373. The average molecular weight is 407 g/mol. The van der Waals surface area contributed by atoms with Crippen molar-refractivity contribution in [1.82, 2.24) is 5.43 Å². The highest BCUT2D eigenvalue weighted by Crippen LogP contribution is 2.25. The van der Waals surface area contributed by atoms with E-state index in [1.54, 1.807) is 36.4 Å². The van der Waals surface area contributed by atoms with Crippen LogP contribution >= 0.6 is 11.6 Å². The maximum absolute atomic E-state index is 12.0. The number of halogens is 1. The van der Waals surface area contributed by atoms with E-state index in [0.717, 1.165) is 11.3 Å². The molecule has 146 valence electrons. The van der Waals surface area contributed by atoms with Crippen molar-refractivity contribution in [3.8, 4) is 5.75 Å². The fourth-order valence-corrected chi connectivity index (χ4v) is 2.56. The van der Waals surface area contributed by atoms with Crippen LogP contribution in [0.15, 0.2) is 76.0 Å². The summed E-state index contributed by atoms with van der Waals surface area (Å²) in [6, 6.07) is 17.0. The van der Waals surface area contributed by atoms with Crippen molar-refractivity contribution in [3.63, 3.8) is 0 Å². The number of amides is 1. The van der Waals surface area contributed by atoms with Crippen LogP contribution in [0.2, 0.25) is 5.02 Å². The molecular weight excluding hydrogens is 388 g/mol. The normalized spacial score (nSPS) is 11.3. The molecule has 0 aliphatic carbocycles. The highest BCUT2D eigenvalue weighted by atomic mass is 35.5. The number of carbonyl (C=O) groups is 1. The van der Waals surface area contributed by atoms with Crippen molar-refractivity contribution in [2.75, 3.05) is 0 Å². The van der Waals surface area contributed by atoms with Crippen LogP contribution in [0.25, 0.3) is 0 Å². The molecule has 3 rings (SSSR count). The zero-order chi connectivity index (χ0) is 20.8. The first-order valence-electron chi connectivity index (χ1n) is 8.83. The minimum absolute atomic E-state index is 0.0135. The Morgan fingerprint density at radius 2 is 1.59 bits per heavy atom. The largest absolute Gasteiger partial charge is 0.507 e. The smallest absolute Gasteiger partial charge is 0.271 e. The van der Waals surface area contributed by atoms with Crippen LogP contribution in [-0.2, 0) is 0 Å². The van der Waals surface area contributed by atoms with Crippen LogP contribution in [-0.4, -0.2) is 17.2 Å². The van der Waals surface area contributed by atoms with Crippen molar-refractivity contribution in [3.05, 3.63) is 87.9 Å². The van der Waals surface area contributed by atoms with E-state index in [-0.39, 0.29) is 11.7 Å². The number of hydrogen-bond donors (Lipinski definition) is 2. The first-order chi connectivity index (χ1) is 13.9. The maximum atomic E-state index is 12.0. The summed E-state index contributed by atoms with van der Waals surface area (Å²) >= 11 is 5.81. The Hall–Kier alpha value is -3.51. The van der Waals surface area contributed by atoms with Crippen LogP contribution in [0.1, 0.15) is 27.0 Å². The number of phenolic OH excluding ortho intramolecular Hbond substituents is 1. The van der Waals surface area contributed by atoms with E-state index < -0.39 is 0 Å². The predicted molar refractivity (Wildman–Crippen MR) is 115 cm³/mol. The molecule has 0 atom stereocenters. The molecule has 7 heteroatoms. The van der Waals surface area contributed by atoms with Crippen LogP contribution in [0, 0.1) is 13.8 Å². The monoisotopic (exact) mass is 406 g/mol. The van der Waals surface area contributed by atoms with Crippen LogP contribution in [0.3, 0.4) is 0 Å². The molecule has 1 amide bonds. The van der Waals surface area contributed by atoms with Gasteiger partial charge in [-0.2, -0.15) is 15.3 Å². The van der Waals surface area contributed by atoms with Crippen LogP contribution in [0.5, 0.6) is 5.75 Å². The van der Waals surface area contributed by atoms with Gasteiger partial charge in [-0.05, 0) is 79.6 Å². The number of azo groups is 1. The summed E-state index contributed by atoms with van der Waals surface area (Å²) in [5, 5.41) is 22.9. The van der Waals surface area contributed by atoms with E-state index >= 15 is 0 Å². The zero-order valence-corrected chi connectivity index (χ0v) is 16.7. The number of benzene rings is 3. The van der Waals surface area contributed by atoms with Gasteiger partial charge in [0.05, 0.1) is 17.6 Å². The Kier molecular flexibility index (Phi) is 6.36. The number of nitrogens with zero attached hydrogens (tertiary/aromatic N) is 3. The molecule has 6 nitrogen and oxygen atoms in total. The van der Waals surface area contributed by atoms with Crippen molar-refractivity contribution in [1.29, 1.82) is 0 Å². The van der Waals surface area contributed by atoms with Gasteiger partial charge in [-0.3, -0.25) is 4.79 Å². The highest BCUT2D eigenvalue weighted by Gasteiger charge is 2.04. The number of hydrazone groups is 1. The van der Waals surface area contributed by atoms with Crippen molar-refractivity contribution < 1.29 is 9.90 Å². The molecule has 0 aliphatic rings. The number of nitrogens with one attached hydrogen (secondary N) is 1. The van der Waals surface area contributed by atoms with Gasteiger partial charge in [-0.15, -0.1) is 0 Å². The van der Waals surface area contributed by atoms with Gasteiger partial charge in [0, 0.05) is 16.1 Å². The quantitative estimate of drug-likeness (QED) is 0.316. The van der Waals surface area contributed by atoms with Gasteiger partial charge in [0.1, 0.15) is 5.75 Å². The van der Waals surface area contributed by atoms with Crippen LogP contribution < -0.4 is 5.43 Å². The lowest BCUT2D eigenvalue weighted by Gasteiger charge is -2.02. The molecule has 0 saturated carbocycles. The lowest BCUT2D eigenvalue weighted by molar-refractivity contribution is 0.0955. The molecule has 3 aromatic carbocycles. The molecule has 0 spiro atoms.